The Hall–Kier alpha value is -4.66. The highest BCUT2D eigenvalue weighted by atomic mass is 19.1. The molecule has 0 aliphatic carbocycles. The molecule has 0 saturated carbocycles. The first-order valence-corrected chi connectivity index (χ1v) is 16.0. The van der Waals surface area contributed by atoms with Crippen LogP contribution in [0.2, 0.25) is 0 Å². The lowest BCUT2D eigenvalue weighted by Gasteiger charge is -2.41. The highest BCUT2D eigenvalue weighted by molar-refractivity contribution is 5.83. The normalized spacial score (nSPS) is 13.3. The van der Waals surface area contributed by atoms with Gasteiger partial charge in [0, 0.05) is 55.6 Å². The summed E-state index contributed by atoms with van der Waals surface area (Å²) in [5.74, 6) is -3.98. The van der Waals surface area contributed by atoms with E-state index in [1.54, 1.807) is 12.3 Å². The van der Waals surface area contributed by atoms with Crippen LogP contribution in [0.3, 0.4) is 0 Å². The van der Waals surface area contributed by atoms with Crippen LogP contribution >= 0.6 is 0 Å². The molecule has 3 rings (SSSR count). The van der Waals surface area contributed by atoms with Crippen LogP contribution in [0.1, 0.15) is 57.3 Å². The SMILES string of the molecule is CC(C)(C)C(c1cc(-c2cc(F)ccc2F)cn1Cc1ccccc1)N(CCC(N)C(=O)NCCNC(=O)C(N)CCC(=O)O)C(=O)CO. The van der Waals surface area contributed by atoms with E-state index >= 15 is 0 Å². The Balaban J connectivity index is 1.83. The summed E-state index contributed by atoms with van der Waals surface area (Å²) in [6.45, 7) is 5.30. The Labute approximate surface area is 284 Å². The van der Waals surface area contributed by atoms with Gasteiger partial charge in [-0.15, -0.1) is 0 Å². The second-order valence-electron chi connectivity index (χ2n) is 12.9. The third-order valence-corrected chi connectivity index (χ3v) is 7.98. The molecule has 12 nitrogen and oxygen atoms in total. The van der Waals surface area contributed by atoms with Crippen molar-refractivity contribution in [1.82, 2.24) is 20.1 Å². The van der Waals surface area contributed by atoms with E-state index in [0.29, 0.717) is 17.8 Å². The van der Waals surface area contributed by atoms with E-state index in [9.17, 15) is 33.1 Å². The molecule has 0 bridgehead atoms. The van der Waals surface area contributed by atoms with Crippen LogP contribution < -0.4 is 22.1 Å². The van der Waals surface area contributed by atoms with Crippen molar-refractivity contribution in [2.24, 2.45) is 16.9 Å². The number of aliphatic carboxylic acids is 1. The Morgan fingerprint density at radius 1 is 0.918 bits per heavy atom. The summed E-state index contributed by atoms with van der Waals surface area (Å²) in [5.41, 5.74) is 13.2. The number of carboxylic acids is 1. The third kappa shape index (κ3) is 11.2. The molecule has 14 heteroatoms. The number of amides is 3. The van der Waals surface area contributed by atoms with Crippen LogP contribution in [0.15, 0.2) is 60.8 Å². The lowest BCUT2D eigenvalue weighted by Crippen LogP contribution is -2.49. The summed E-state index contributed by atoms with van der Waals surface area (Å²) in [6.07, 6.45) is 1.44. The highest BCUT2D eigenvalue weighted by Crippen LogP contribution is 2.41. The number of carbonyl (C=O) groups is 4. The van der Waals surface area contributed by atoms with Crippen molar-refractivity contribution in [3.8, 4) is 11.1 Å². The summed E-state index contributed by atoms with van der Waals surface area (Å²) in [5, 5.41) is 23.9. The zero-order valence-electron chi connectivity index (χ0n) is 28.0. The van der Waals surface area contributed by atoms with Crippen molar-refractivity contribution in [2.45, 2.75) is 64.7 Å². The van der Waals surface area contributed by atoms with Crippen molar-refractivity contribution < 1.29 is 38.2 Å². The fraction of sp³-hybridized carbons (Fsp3) is 0.429. The van der Waals surface area contributed by atoms with Crippen molar-refractivity contribution in [1.29, 1.82) is 0 Å². The van der Waals surface area contributed by atoms with Crippen LogP contribution in [-0.4, -0.2) is 81.7 Å². The topological polar surface area (TPSA) is 193 Å². The molecule has 3 atom stereocenters. The minimum Gasteiger partial charge on any atom is -0.481 e. The first-order chi connectivity index (χ1) is 23.1. The van der Waals surface area contributed by atoms with Crippen molar-refractivity contribution in [2.75, 3.05) is 26.2 Å². The number of nitrogens with zero attached hydrogens (tertiary/aromatic N) is 2. The van der Waals surface area contributed by atoms with Crippen molar-refractivity contribution in [3.05, 3.63) is 83.7 Å². The van der Waals surface area contributed by atoms with Gasteiger partial charge in [-0.1, -0.05) is 51.1 Å². The molecule has 0 saturated heterocycles. The maximum atomic E-state index is 15.0. The van der Waals surface area contributed by atoms with Gasteiger partial charge in [0.05, 0.1) is 18.1 Å². The average molecular weight is 685 g/mol. The van der Waals surface area contributed by atoms with E-state index in [2.05, 4.69) is 10.6 Å². The molecule has 0 spiro atoms. The van der Waals surface area contributed by atoms with Crippen LogP contribution in [0, 0.1) is 17.0 Å². The number of carbonyl (C=O) groups excluding carboxylic acids is 3. The van der Waals surface area contributed by atoms with Gasteiger partial charge in [-0.2, -0.15) is 0 Å². The summed E-state index contributed by atoms with van der Waals surface area (Å²) in [6, 6.07) is 11.6. The minimum absolute atomic E-state index is 0.0152. The Morgan fingerprint density at radius 2 is 1.53 bits per heavy atom. The largest absolute Gasteiger partial charge is 0.481 e. The number of hydrogen-bond donors (Lipinski definition) is 6. The molecular weight excluding hydrogens is 638 g/mol. The molecule has 0 aliphatic heterocycles. The summed E-state index contributed by atoms with van der Waals surface area (Å²) in [4.78, 5) is 50.3. The maximum absolute atomic E-state index is 15.0. The van der Waals surface area contributed by atoms with Gasteiger partial charge < -0.3 is 41.8 Å². The van der Waals surface area contributed by atoms with Gasteiger partial charge in [-0.05, 0) is 48.1 Å². The fourth-order valence-electron chi connectivity index (χ4n) is 5.55. The van der Waals surface area contributed by atoms with Crippen LogP contribution in [-0.2, 0) is 25.7 Å². The second-order valence-corrected chi connectivity index (χ2v) is 12.9. The monoisotopic (exact) mass is 684 g/mol. The number of benzene rings is 2. The smallest absolute Gasteiger partial charge is 0.303 e. The molecule has 2 aromatic carbocycles. The molecule has 49 heavy (non-hydrogen) atoms. The molecule has 1 aromatic heterocycles. The number of aliphatic hydroxyl groups excluding tert-OH is 1. The molecule has 3 amide bonds. The van der Waals surface area contributed by atoms with Gasteiger partial charge >= 0.3 is 5.97 Å². The number of hydrogen-bond acceptors (Lipinski definition) is 7. The second kappa shape index (κ2) is 17.7. The molecule has 3 aromatic rings. The van der Waals surface area contributed by atoms with E-state index in [1.165, 1.54) is 4.90 Å². The van der Waals surface area contributed by atoms with Gasteiger partial charge in [0.25, 0.3) is 0 Å². The predicted molar refractivity (Wildman–Crippen MR) is 180 cm³/mol. The molecule has 0 aliphatic rings. The van der Waals surface area contributed by atoms with Crippen molar-refractivity contribution >= 4 is 23.7 Å². The third-order valence-electron chi connectivity index (χ3n) is 7.98. The van der Waals surface area contributed by atoms with Gasteiger partial charge in [-0.3, -0.25) is 19.2 Å². The number of rotatable bonds is 17. The molecule has 0 radical (unpaired) electrons. The van der Waals surface area contributed by atoms with Crippen LogP contribution in [0.25, 0.3) is 11.1 Å². The number of halogens is 2. The average Bonchev–Trinajstić information content (AvgIpc) is 3.45. The summed E-state index contributed by atoms with van der Waals surface area (Å²) in [7, 11) is 0. The predicted octanol–water partition coefficient (Wildman–Crippen LogP) is 2.53. The fourth-order valence-corrected chi connectivity index (χ4v) is 5.55. The lowest BCUT2D eigenvalue weighted by atomic mass is 9.82. The Morgan fingerprint density at radius 3 is 2.10 bits per heavy atom. The number of aromatic nitrogens is 1. The Kier molecular flexibility index (Phi) is 14.0. The molecule has 8 N–H and O–H groups in total. The van der Waals surface area contributed by atoms with Crippen LogP contribution in [0.4, 0.5) is 8.78 Å². The first kappa shape index (κ1) is 38.8. The first-order valence-electron chi connectivity index (χ1n) is 16.0. The molecule has 266 valence electrons. The van der Waals surface area contributed by atoms with Gasteiger partial charge in [0.2, 0.25) is 17.7 Å². The summed E-state index contributed by atoms with van der Waals surface area (Å²) >= 11 is 0. The molecule has 3 unspecified atom stereocenters. The summed E-state index contributed by atoms with van der Waals surface area (Å²) < 4.78 is 31.1. The molecular formula is C35H46F2N6O6. The number of carboxylic acid groups (broad SMARTS) is 1. The van der Waals surface area contributed by atoms with E-state index in [-0.39, 0.29) is 44.5 Å². The molecule has 0 fully saturated rings. The van der Waals surface area contributed by atoms with Gasteiger partial charge in [-0.25, -0.2) is 8.78 Å². The maximum Gasteiger partial charge on any atom is 0.303 e. The minimum atomic E-state index is -1.07. The number of aliphatic hydroxyl groups is 1. The number of nitrogens with two attached hydrogens (primary N) is 2. The molecule has 1 heterocycles. The van der Waals surface area contributed by atoms with Crippen LogP contribution in [0.5, 0.6) is 0 Å². The van der Waals surface area contributed by atoms with E-state index in [4.69, 9.17) is 16.6 Å². The standard InChI is InChI=1S/C35H46F2N6O6/c1-35(2,3)32(29-17-23(25-18-24(36)9-10-26(25)37)20-42(29)19-22-7-5-4-6-8-22)43(30(45)21-44)16-13-28(39)34(49)41-15-14-40-33(48)27(38)11-12-31(46)47/h4-10,17-18,20,27-28,32,44H,11-16,19,21,38-39H2,1-3H3,(H,40,48)(H,41,49)(H,46,47). The van der Waals surface area contributed by atoms with Gasteiger partial charge in [0.1, 0.15) is 18.2 Å². The van der Waals surface area contributed by atoms with E-state index in [0.717, 1.165) is 23.8 Å². The zero-order valence-corrected chi connectivity index (χ0v) is 28.0. The van der Waals surface area contributed by atoms with E-state index in [1.807, 2.05) is 55.7 Å². The zero-order chi connectivity index (χ0) is 36.3. The lowest BCUT2D eigenvalue weighted by molar-refractivity contribution is -0.140. The van der Waals surface area contributed by atoms with Gasteiger partial charge in [0.15, 0.2) is 0 Å². The quantitative estimate of drug-likeness (QED) is 0.117. The van der Waals surface area contributed by atoms with E-state index < -0.39 is 65.5 Å². The van der Waals surface area contributed by atoms with Crippen molar-refractivity contribution in [3.63, 3.8) is 0 Å². The Bertz CT molecular complexity index is 1590. The highest BCUT2D eigenvalue weighted by Gasteiger charge is 2.37. The number of nitrogens with one attached hydrogen (secondary N) is 2.